The second-order valence-electron chi connectivity index (χ2n) is 4.32. The van der Waals surface area contributed by atoms with Crippen LogP contribution in [0.3, 0.4) is 0 Å². The smallest absolute Gasteiger partial charge is 0.139 e. The summed E-state index contributed by atoms with van der Waals surface area (Å²) in [5.41, 5.74) is 8.60. The van der Waals surface area contributed by atoms with Gasteiger partial charge in [-0.25, -0.2) is 9.37 Å². The average Bonchev–Trinajstić information content (AvgIpc) is 2.79. The van der Waals surface area contributed by atoms with E-state index in [0.29, 0.717) is 21.4 Å². The van der Waals surface area contributed by atoms with Crippen LogP contribution in [0.5, 0.6) is 0 Å². The molecule has 2 heterocycles. The molecular weight excluding hydrogens is 300 g/mol. The Morgan fingerprint density at radius 3 is 2.65 bits per heavy atom. The molecule has 0 bridgehead atoms. The van der Waals surface area contributed by atoms with Crippen molar-refractivity contribution in [2.24, 2.45) is 5.73 Å². The third-order valence-electron chi connectivity index (χ3n) is 3.07. The van der Waals surface area contributed by atoms with Crippen LogP contribution in [0.2, 0.25) is 10.0 Å². The Bertz CT molecular complexity index is 798. The van der Waals surface area contributed by atoms with Crippen LogP contribution < -0.4 is 5.73 Å². The first-order valence-corrected chi connectivity index (χ1v) is 6.67. The van der Waals surface area contributed by atoms with E-state index >= 15 is 0 Å². The zero-order valence-electron chi connectivity index (χ0n) is 10.3. The van der Waals surface area contributed by atoms with E-state index in [2.05, 4.69) is 4.98 Å². The van der Waals surface area contributed by atoms with E-state index in [1.165, 1.54) is 12.3 Å². The van der Waals surface area contributed by atoms with Gasteiger partial charge >= 0.3 is 0 Å². The van der Waals surface area contributed by atoms with Gasteiger partial charge in [-0.2, -0.15) is 0 Å². The molecule has 0 atom stereocenters. The van der Waals surface area contributed by atoms with E-state index in [1.807, 2.05) is 6.07 Å². The molecule has 3 rings (SSSR count). The van der Waals surface area contributed by atoms with Crippen LogP contribution in [0, 0.1) is 5.82 Å². The lowest BCUT2D eigenvalue weighted by Crippen LogP contribution is -2.02. The van der Waals surface area contributed by atoms with Gasteiger partial charge in [-0.1, -0.05) is 29.3 Å². The maximum absolute atomic E-state index is 13.4. The predicted molar refractivity (Wildman–Crippen MR) is 78.5 cm³/mol. The molecule has 3 aromatic rings. The van der Waals surface area contributed by atoms with E-state index in [1.54, 1.807) is 22.6 Å². The highest BCUT2D eigenvalue weighted by atomic mass is 35.5. The molecule has 2 aromatic heterocycles. The number of imidazole rings is 1. The van der Waals surface area contributed by atoms with Gasteiger partial charge in [0.2, 0.25) is 0 Å². The number of benzene rings is 1. The molecule has 102 valence electrons. The van der Waals surface area contributed by atoms with Crippen LogP contribution in [-0.4, -0.2) is 9.38 Å². The summed E-state index contributed by atoms with van der Waals surface area (Å²) >= 11 is 11.9. The molecule has 3 nitrogen and oxygen atoms in total. The lowest BCUT2D eigenvalue weighted by atomic mass is 10.1. The van der Waals surface area contributed by atoms with Gasteiger partial charge < -0.3 is 5.73 Å². The first-order chi connectivity index (χ1) is 9.60. The second-order valence-corrected chi connectivity index (χ2v) is 5.13. The molecule has 6 heteroatoms. The SMILES string of the molecule is NCc1c(-c2ccc(Cl)c(Cl)c2)nc2ccc(F)cn12. The summed E-state index contributed by atoms with van der Waals surface area (Å²) in [6.45, 7) is 0.236. The van der Waals surface area contributed by atoms with Crippen LogP contribution in [0.4, 0.5) is 4.39 Å². The minimum atomic E-state index is -0.342. The number of aromatic nitrogens is 2. The van der Waals surface area contributed by atoms with Gasteiger partial charge in [0.15, 0.2) is 0 Å². The zero-order valence-corrected chi connectivity index (χ0v) is 11.8. The highest BCUT2D eigenvalue weighted by Crippen LogP contribution is 2.30. The topological polar surface area (TPSA) is 43.3 Å². The summed E-state index contributed by atoms with van der Waals surface area (Å²) in [5, 5.41) is 0.912. The Morgan fingerprint density at radius 2 is 1.95 bits per heavy atom. The van der Waals surface area contributed by atoms with Crippen molar-refractivity contribution in [3.05, 3.63) is 58.1 Å². The number of nitrogens with zero attached hydrogens (tertiary/aromatic N) is 2. The van der Waals surface area contributed by atoms with Crippen molar-refractivity contribution >= 4 is 28.8 Å². The Hall–Kier alpha value is -1.62. The number of pyridine rings is 1. The van der Waals surface area contributed by atoms with E-state index < -0.39 is 0 Å². The highest BCUT2D eigenvalue weighted by Gasteiger charge is 2.14. The summed E-state index contributed by atoms with van der Waals surface area (Å²) < 4.78 is 15.0. The highest BCUT2D eigenvalue weighted by molar-refractivity contribution is 6.42. The van der Waals surface area contributed by atoms with Crippen LogP contribution >= 0.6 is 23.2 Å². The summed E-state index contributed by atoms with van der Waals surface area (Å²) in [6.07, 6.45) is 1.37. The molecule has 0 amide bonds. The predicted octanol–water partition coefficient (Wildman–Crippen LogP) is 3.91. The van der Waals surface area contributed by atoms with E-state index in [4.69, 9.17) is 28.9 Å². The molecular formula is C14H10Cl2FN3. The van der Waals surface area contributed by atoms with Crippen LogP contribution in [0.15, 0.2) is 36.5 Å². The first kappa shape index (κ1) is 13.4. The number of hydrogen-bond acceptors (Lipinski definition) is 2. The fourth-order valence-electron chi connectivity index (χ4n) is 2.14. The summed E-state index contributed by atoms with van der Waals surface area (Å²) in [7, 11) is 0. The molecule has 0 radical (unpaired) electrons. The molecule has 0 saturated carbocycles. The Labute approximate surface area is 124 Å². The van der Waals surface area contributed by atoms with Crippen molar-refractivity contribution < 1.29 is 4.39 Å². The van der Waals surface area contributed by atoms with Gasteiger partial charge in [0, 0.05) is 18.3 Å². The molecule has 0 aliphatic heterocycles. The van der Waals surface area contributed by atoms with Crippen LogP contribution in [0.25, 0.3) is 16.9 Å². The van der Waals surface area contributed by atoms with Gasteiger partial charge in [-0.15, -0.1) is 0 Å². The minimum absolute atomic E-state index is 0.236. The van der Waals surface area contributed by atoms with Crippen molar-refractivity contribution in [2.45, 2.75) is 6.54 Å². The lowest BCUT2D eigenvalue weighted by Gasteiger charge is -2.04. The summed E-state index contributed by atoms with van der Waals surface area (Å²) in [6, 6.07) is 8.20. The molecule has 1 aromatic carbocycles. The van der Waals surface area contributed by atoms with Crippen molar-refractivity contribution in [1.82, 2.24) is 9.38 Å². The van der Waals surface area contributed by atoms with E-state index in [0.717, 1.165) is 11.3 Å². The Kier molecular flexibility index (Phi) is 3.38. The number of hydrogen-bond donors (Lipinski definition) is 1. The third-order valence-corrected chi connectivity index (χ3v) is 3.81. The van der Waals surface area contributed by atoms with Crippen molar-refractivity contribution in [2.75, 3.05) is 0 Å². The van der Waals surface area contributed by atoms with Crippen molar-refractivity contribution in [3.63, 3.8) is 0 Å². The van der Waals surface area contributed by atoms with Gasteiger partial charge in [-0.05, 0) is 24.3 Å². The normalized spacial score (nSPS) is 11.2. The largest absolute Gasteiger partial charge is 0.325 e. The molecule has 0 fully saturated rings. The van der Waals surface area contributed by atoms with E-state index in [-0.39, 0.29) is 12.4 Å². The summed E-state index contributed by atoms with van der Waals surface area (Å²) in [4.78, 5) is 4.48. The molecule has 0 aliphatic carbocycles. The maximum atomic E-state index is 13.4. The fourth-order valence-corrected chi connectivity index (χ4v) is 2.44. The molecule has 0 aliphatic rings. The van der Waals surface area contributed by atoms with Crippen molar-refractivity contribution in [3.8, 4) is 11.3 Å². The maximum Gasteiger partial charge on any atom is 0.139 e. The Balaban J connectivity index is 2.27. The monoisotopic (exact) mass is 309 g/mol. The lowest BCUT2D eigenvalue weighted by molar-refractivity contribution is 0.618. The average molecular weight is 310 g/mol. The number of nitrogens with two attached hydrogens (primary N) is 1. The number of rotatable bonds is 2. The first-order valence-electron chi connectivity index (χ1n) is 5.92. The Morgan fingerprint density at radius 1 is 1.15 bits per heavy atom. The molecule has 0 unspecified atom stereocenters. The molecule has 20 heavy (non-hydrogen) atoms. The van der Waals surface area contributed by atoms with E-state index in [9.17, 15) is 4.39 Å². The third kappa shape index (κ3) is 2.16. The molecule has 0 spiro atoms. The molecule has 0 saturated heterocycles. The quantitative estimate of drug-likeness (QED) is 0.780. The van der Waals surface area contributed by atoms with Crippen LogP contribution in [0.1, 0.15) is 5.69 Å². The summed E-state index contributed by atoms with van der Waals surface area (Å²) in [5.74, 6) is -0.342. The van der Waals surface area contributed by atoms with Gasteiger partial charge in [0.25, 0.3) is 0 Å². The minimum Gasteiger partial charge on any atom is -0.325 e. The van der Waals surface area contributed by atoms with Crippen LogP contribution in [-0.2, 0) is 6.54 Å². The fraction of sp³-hybridized carbons (Fsp3) is 0.0714. The number of halogens is 3. The second kappa shape index (κ2) is 5.05. The standard InChI is InChI=1S/C14H10Cl2FN3/c15-10-3-1-8(5-11(10)16)14-12(6-18)20-7-9(17)2-4-13(20)19-14/h1-5,7H,6,18H2. The molecule has 2 N–H and O–H groups in total. The van der Waals surface area contributed by atoms with Gasteiger partial charge in [0.05, 0.1) is 21.4 Å². The van der Waals surface area contributed by atoms with Gasteiger partial charge in [0.1, 0.15) is 11.5 Å². The number of fused-ring (bicyclic) bond motifs is 1. The van der Waals surface area contributed by atoms with Gasteiger partial charge in [-0.3, -0.25) is 4.40 Å². The zero-order chi connectivity index (χ0) is 14.3. The van der Waals surface area contributed by atoms with Crippen molar-refractivity contribution in [1.29, 1.82) is 0 Å².